The normalized spacial score (nSPS) is 13.9. The maximum Gasteiger partial charge on any atom is 0.264 e. The van der Waals surface area contributed by atoms with E-state index in [0.29, 0.717) is 41.8 Å². The fourth-order valence-corrected chi connectivity index (χ4v) is 3.25. The quantitative estimate of drug-likeness (QED) is 0.534. The molecule has 1 heterocycles. The molecule has 2 aromatic carbocycles. The lowest BCUT2D eigenvalue weighted by Crippen LogP contribution is -2.28. The molecule has 1 fully saturated rings. The van der Waals surface area contributed by atoms with Gasteiger partial charge in [-0.15, -0.1) is 0 Å². The van der Waals surface area contributed by atoms with Crippen molar-refractivity contribution in [1.29, 1.82) is 5.26 Å². The number of carbonyl (C=O) groups excluding carboxylic acids is 1. The Morgan fingerprint density at radius 1 is 1.21 bits per heavy atom. The molecule has 0 bridgehead atoms. The Hall–Kier alpha value is -2.97. The molecule has 0 spiro atoms. The molecular formula is C22H21ClN2O3. The van der Waals surface area contributed by atoms with Gasteiger partial charge in [-0.2, -0.15) is 5.26 Å². The summed E-state index contributed by atoms with van der Waals surface area (Å²) in [5, 5.41) is 10.0. The van der Waals surface area contributed by atoms with E-state index in [9.17, 15) is 10.1 Å². The van der Waals surface area contributed by atoms with Crippen molar-refractivity contribution < 1.29 is 14.3 Å². The maximum atomic E-state index is 12.5. The summed E-state index contributed by atoms with van der Waals surface area (Å²) in [4.78, 5) is 14.2. The summed E-state index contributed by atoms with van der Waals surface area (Å²) in [6.45, 7) is 1.72. The average molecular weight is 397 g/mol. The zero-order valence-electron chi connectivity index (χ0n) is 15.7. The van der Waals surface area contributed by atoms with Crippen molar-refractivity contribution in [2.45, 2.75) is 19.4 Å². The molecule has 0 N–H and O–H groups in total. The summed E-state index contributed by atoms with van der Waals surface area (Å²) in [5.74, 6) is 0.855. The molecule has 5 nitrogen and oxygen atoms in total. The summed E-state index contributed by atoms with van der Waals surface area (Å²) in [6.07, 6.45) is 3.55. The monoisotopic (exact) mass is 396 g/mol. The van der Waals surface area contributed by atoms with E-state index in [4.69, 9.17) is 21.1 Å². The SMILES string of the molecule is COc1cc(/C=C(\C#N)C(=O)N2CCCC2)ccc1OCc1ccccc1Cl. The number of benzene rings is 2. The number of halogens is 1. The number of ether oxygens (including phenoxy) is 2. The van der Waals surface area contributed by atoms with Crippen molar-refractivity contribution in [3.05, 3.63) is 64.2 Å². The number of methoxy groups -OCH3 is 1. The molecule has 1 saturated heterocycles. The standard InChI is InChI=1S/C22H21ClN2O3/c1-27-21-13-16(12-18(14-24)22(26)25-10-4-5-11-25)8-9-20(21)28-15-17-6-2-3-7-19(17)23/h2-3,6-9,12-13H,4-5,10-11,15H2,1H3/b18-12+. The number of hydrogen-bond acceptors (Lipinski definition) is 4. The van der Waals surface area contributed by atoms with E-state index in [0.717, 1.165) is 18.4 Å². The van der Waals surface area contributed by atoms with E-state index >= 15 is 0 Å². The van der Waals surface area contributed by atoms with Gasteiger partial charge in [0.05, 0.1) is 7.11 Å². The zero-order chi connectivity index (χ0) is 19.9. The second-order valence-corrected chi connectivity index (χ2v) is 6.87. The van der Waals surface area contributed by atoms with E-state index in [-0.39, 0.29) is 11.5 Å². The molecule has 1 amide bonds. The predicted octanol–water partition coefficient (Wildman–Crippen LogP) is 4.46. The van der Waals surface area contributed by atoms with Crippen LogP contribution in [0.15, 0.2) is 48.0 Å². The van der Waals surface area contributed by atoms with Gasteiger partial charge in [-0.3, -0.25) is 4.79 Å². The molecule has 1 aliphatic heterocycles. The van der Waals surface area contributed by atoms with Crippen LogP contribution in [0.4, 0.5) is 0 Å². The van der Waals surface area contributed by atoms with Crippen LogP contribution in [0.1, 0.15) is 24.0 Å². The van der Waals surface area contributed by atoms with Gasteiger partial charge in [-0.05, 0) is 42.7 Å². The third-order valence-corrected chi connectivity index (χ3v) is 4.95. The Morgan fingerprint density at radius 2 is 1.96 bits per heavy atom. The van der Waals surface area contributed by atoms with Gasteiger partial charge in [-0.25, -0.2) is 0 Å². The summed E-state index contributed by atoms with van der Waals surface area (Å²) < 4.78 is 11.3. The number of carbonyl (C=O) groups is 1. The highest BCUT2D eigenvalue weighted by Crippen LogP contribution is 2.30. The molecule has 1 aliphatic rings. The summed E-state index contributed by atoms with van der Waals surface area (Å²) in [6, 6.07) is 14.8. The van der Waals surface area contributed by atoms with Crippen molar-refractivity contribution in [3.63, 3.8) is 0 Å². The number of nitrogens with zero attached hydrogens (tertiary/aromatic N) is 2. The first-order chi connectivity index (χ1) is 13.6. The van der Waals surface area contributed by atoms with Crippen molar-refractivity contribution in [1.82, 2.24) is 4.90 Å². The second kappa shape index (κ2) is 9.29. The highest BCUT2D eigenvalue weighted by Gasteiger charge is 2.21. The smallest absolute Gasteiger partial charge is 0.264 e. The number of rotatable bonds is 6. The van der Waals surface area contributed by atoms with Gasteiger partial charge in [0.25, 0.3) is 5.91 Å². The van der Waals surface area contributed by atoms with E-state index in [2.05, 4.69) is 0 Å². The van der Waals surface area contributed by atoms with Gasteiger partial charge in [0.1, 0.15) is 18.2 Å². The highest BCUT2D eigenvalue weighted by molar-refractivity contribution is 6.31. The summed E-state index contributed by atoms with van der Waals surface area (Å²) >= 11 is 6.16. The van der Waals surface area contributed by atoms with Crippen LogP contribution in [0, 0.1) is 11.3 Å². The summed E-state index contributed by atoms with van der Waals surface area (Å²) in [5.41, 5.74) is 1.69. The first-order valence-electron chi connectivity index (χ1n) is 9.07. The molecule has 6 heteroatoms. The second-order valence-electron chi connectivity index (χ2n) is 6.46. The Kier molecular flexibility index (Phi) is 6.57. The fourth-order valence-electron chi connectivity index (χ4n) is 3.06. The van der Waals surface area contributed by atoms with Crippen LogP contribution >= 0.6 is 11.6 Å². The van der Waals surface area contributed by atoms with E-state index in [1.54, 1.807) is 36.3 Å². The minimum Gasteiger partial charge on any atom is -0.493 e. The average Bonchev–Trinajstić information content (AvgIpc) is 3.26. The van der Waals surface area contributed by atoms with E-state index < -0.39 is 0 Å². The van der Waals surface area contributed by atoms with Crippen molar-refractivity contribution >= 4 is 23.6 Å². The Morgan fingerprint density at radius 3 is 2.64 bits per heavy atom. The van der Waals surface area contributed by atoms with Gasteiger partial charge in [0.2, 0.25) is 0 Å². The van der Waals surface area contributed by atoms with Crippen LogP contribution < -0.4 is 9.47 Å². The topological polar surface area (TPSA) is 62.6 Å². The summed E-state index contributed by atoms with van der Waals surface area (Å²) in [7, 11) is 1.55. The van der Waals surface area contributed by atoms with Crippen LogP contribution in [-0.2, 0) is 11.4 Å². The molecular weight excluding hydrogens is 376 g/mol. The molecule has 144 valence electrons. The molecule has 0 saturated carbocycles. The molecule has 0 aliphatic carbocycles. The largest absolute Gasteiger partial charge is 0.493 e. The molecule has 0 aromatic heterocycles. The van der Waals surface area contributed by atoms with Crippen LogP contribution in [0.3, 0.4) is 0 Å². The van der Waals surface area contributed by atoms with Crippen LogP contribution in [-0.4, -0.2) is 31.0 Å². The van der Waals surface area contributed by atoms with Crippen molar-refractivity contribution in [2.75, 3.05) is 20.2 Å². The van der Waals surface area contributed by atoms with Gasteiger partial charge in [0, 0.05) is 23.7 Å². The minimum absolute atomic E-state index is 0.119. The Balaban J connectivity index is 1.77. The maximum absolute atomic E-state index is 12.5. The van der Waals surface area contributed by atoms with Gasteiger partial charge in [-0.1, -0.05) is 35.9 Å². The molecule has 2 aromatic rings. The lowest BCUT2D eigenvalue weighted by atomic mass is 10.1. The molecule has 0 unspecified atom stereocenters. The minimum atomic E-state index is -0.224. The van der Waals surface area contributed by atoms with Gasteiger partial charge >= 0.3 is 0 Å². The Bertz CT molecular complexity index is 928. The number of likely N-dealkylation sites (tertiary alicyclic amines) is 1. The van der Waals surface area contributed by atoms with Gasteiger partial charge < -0.3 is 14.4 Å². The molecule has 28 heavy (non-hydrogen) atoms. The van der Waals surface area contributed by atoms with Crippen LogP contribution in [0.2, 0.25) is 5.02 Å². The lowest BCUT2D eigenvalue weighted by Gasteiger charge is -2.14. The highest BCUT2D eigenvalue weighted by atomic mass is 35.5. The number of nitriles is 1. The molecule has 0 radical (unpaired) electrons. The molecule has 3 rings (SSSR count). The van der Waals surface area contributed by atoms with E-state index in [1.165, 1.54) is 0 Å². The third kappa shape index (κ3) is 4.65. The van der Waals surface area contributed by atoms with Gasteiger partial charge in [0.15, 0.2) is 11.5 Å². The third-order valence-electron chi connectivity index (χ3n) is 4.58. The van der Waals surface area contributed by atoms with E-state index in [1.807, 2.05) is 30.3 Å². The molecule has 0 atom stereocenters. The number of amides is 1. The van der Waals surface area contributed by atoms with Crippen LogP contribution in [0.25, 0.3) is 6.08 Å². The predicted molar refractivity (Wildman–Crippen MR) is 108 cm³/mol. The Labute approximate surface area is 169 Å². The van der Waals surface area contributed by atoms with Crippen LogP contribution in [0.5, 0.6) is 11.5 Å². The number of hydrogen-bond donors (Lipinski definition) is 0. The first kappa shape index (κ1) is 19.8. The lowest BCUT2D eigenvalue weighted by molar-refractivity contribution is -0.125. The first-order valence-corrected chi connectivity index (χ1v) is 9.45. The van der Waals surface area contributed by atoms with Crippen molar-refractivity contribution in [3.8, 4) is 17.6 Å². The zero-order valence-corrected chi connectivity index (χ0v) is 16.4. The fraction of sp³-hybridized carbons (Fsp3) is 0.273. The van der Waals surface area contributed by atoms with Crippen molar-refractivity contribution in [2.24, 2.45) is 0 Å².